The highest BCUT2D eigenvalue weighted by Gasteiger charge is 2.07. The first kappa shape index (κ1) is 15.0. The van der Waals surface area contributed by atoms with Gasteiger partial charge in [0.1, 0.15) is 5.75 Å². The van der Waals surface area contributed by atoms with Crippen LogP contribution >= 0.6 is 31.9 Å². The lowest BCUT2D eigenvalue weighted by atomic mass is 10.0. The van der Waals surface area contributed by atoms with Crippen molar-refractivity contribution < 1.29 is 4.74 Å². The maximum atomic E-state index is 5.84. The molecule has 0 aliphatic rings. The average Bonchev–Trinajstić information content (AvgIpc) is 2.34. The highest BCUT2D eigenvalue weighted by molar-refractivity contribution is 9.13. The van der Waals surface area contributed by atoms with Gasteiger partial charge in [0.25, 0.3) is 0 Å². The predicted molar refractivity (Wildman–Crippen MR) is 80.6 cm³/mol. The van der Waals surface area contributed by atoms with E-state index in [0.29, 0.717) is 5.92 Å². The minimum atomic E-state index is 0.678. The Balaban J connectivity index is 2.45. The van der Waals surface area contributed by atoms with Crippen LogP contribution in [0, 0.1) is 5.92 Å². The number of ether oxygens (including phenoxy) is 1. The quantitative estimate of drug-likeness (QED) is 0.594. The van der Waals surface area contributed by atoms with Gasteiger partial charge in [0.05, 0.1) is 6.61 Å². The molecule has 1 aromatic rings. The van der Waals surface area contributed by atoms with Gasteiger partial charge in [0.15, 0.2) is 0 Å². The molecule has 0 N–H and O–H groups in total. The first-order valence-corrected chi connectivity index (χ1v) is 7.83. The van der Waals surface area contributed by atoms with E-state index in [9.17, 15) is 0 Å². The highest BCUT2D eigenvalue weighted by Crippen LogP contribution is 2.27. The van der Waals surface area contributed by atoms with E-state index in [1.807, 2.05) is 18.2 Å². The molecular weight excluding hydrogens is 344 g/mol. The van der Waals surface area contributed by atoms with Crippen molar-refractivity contribution in [1.29, 1.82) is 0 Å². The second-order valence-electron chi connectivity index (χ2n) is 4.30. The maximum Gasteiger partial charge on any atom is 0.120 e. The van der Waals surface area contributed by atoms with Crippen LogP contribution in [0.25, 0.3) is 0 Å². The Morgan fingerprint density at radius 1 is 1.18 bits per heavy atom. The lowest BCUT2D eigenvalue weighted by Crippen LogP contribution is -2.11. The van der Waals surface area contributed by atoms with Crippen molar-refractivity contribution in [3.8, 4) is 5.75 Å². The third-order valence-electron chi connectivity index (χ3n) is 2.92. The Morgan fingerprint density at radius 2 is 1.94 bits per heavy atom. The van der Waals surface area contributed by atoms with E-state index in [-0.39, 0.29) is 0 Å². The van der Waals surface area contributed by atoms with Crippen molar-refractivity contribution in [1.82, 2.24) is 0 Å². The molecule has 0 spiro atoms. The van der Waals surface area contributed by atoms with E-state index in [2.05, 4.69) is 45.7 Å². The first-order chi connectivity index (χ1) is 8.17. The Morgan fingerprint density at radius 3 is 2.53 bits per heavy atom. The van der Waals surface area contributed by atoms with E-state index in [1.165, 1.54) is 25.7 Å². The van der Waals surface area contributed by atoms with Crippen LogP contribution in [0.1, 0.15) is 39.5 Å². The van der Waals surface area contributed by atoms with Gasteiger partial charge in [-0.05, 0) is 62.4 Å². The fourth-order valence-corrected chi connectivity index (χ4v) is 2.28. The summed E-state index contributed by atoms with van der Waals surface area (Å²) in [5.41, 5.74) is 0. The molecule has 3 heteroatoms. The number of rotatable bonds is 7. The molecule has 96 valence electrons. The fourth-order valence-electron chi connectivity index (χ4n) is 1.68. The Kier molecular flexibility index (Phi) is 7.21. The van der Waals surface area contributed by atoms with Crippen molar-refractivity contribution in [2.45, 2.75) is 39.5 Å². The normalized spacial score (nSPS) is 12.5. The van der Waals surface area contributed by atoms with Crippen molar-refractivity contribution in [3.63, 3.8) is 0 Å². The van der Waals surface area contributed by atoms with Gasteiger partial charge in [-0.3, -0.25) is 0 Å². The van der Waals surface area contributed by atoms with Crippen molar-refractivity contribution in [2.24, 2.45) is 5.92 Å². The van der Waals surface area contributed by atoms with Gasteiger partial charge in [0, 0.05) is 8.95 Å². The van der Waals surface area contributed by atoms with Crippen LogP contribution in [0.5, 0.6) is 5.75 Å². The van der Waals surface area contributed by atoms with Gasteiger partial charge in [-0.25, -0.2) is 0 Å². The van der Waals surface area contributed by atoms with E-state index >= 15 is 0 Å². The van der Waals surface area contributed by atoms with Crippen LogP contribution in [0.3, 0.4) is 0 Å². The van der Waals surface area contributed by atoms with Crippen molar-refractivity contribution >= 4 is 31.9 Å². The molecule has 0 fully saturated rings. The summed E-state index contributed by atoms with van der Waals surface area (Å²) in [5.74, 6) is 1.62. The SMILES string of the molecule is CCCCC(CC)COc1ccc(Br)c(Br)c1. The third-order valence-corrected chi connectivity index (χ3v) is 4.80. The molecule has 0 saturated heterocycles. The van der Waals surface area contributed by atoms with Crippen molar-refractivity contribution in [2.75, 3.05) is 6.61 Å². The summed E-state index contributed by atoms with van der Waals surface area (Å²) in [6.45, 7) is 5.30. The van der Waals surface area contributed by atoms with Gasteiger partial charge in [0.2, 0.25) is 0 Å². The van der Waals surface area contributed by atoms with Crippen molar-refractivity contribution in [3.05, 3.63) is 27.1 Å². The maximum absolute atomic E-state index is 5.84. The zero-order valence-corrected chi connectivity index (χ0v) is 13.7. The summed E-state index contributed by atoms with van der Waals surface area (Å²) in [4.78, 5) is 0. The molecule has 0 bridgehead atoms. The van der Waals surface area contributed by atoms with Gasteiger partial charge in [-0.2, -0.15) is 0 Å². The molecular formula is C14H20Br2O. The van der Waals surface area contributed by atoms with E-state index in [4.69, 9.17) is 4.74 Å². The number of unbranched alkanes of at least 4 members (excludes halogenated alkanes) is 1. The lowest BCUT2D eigenvalue weighted by molar-refractivity contribution is 0.233. The summed E-state index contributed by atoms with van der Waals surface area (Å²) >= 11 is 6.94. The predicted octanol–water partition coefficient (Wildman–Crippen LogP) is 5.81. The second-order valence-corrected chi connectivity index (χ2v) is 6.01. The minimum absolute atomic E-state index is 0.678. The number of halogens is 2. The minimum Gasteiger partial charge on any atom is -0.493 e. The Hall–Kier alpha value is -0.0200. The van der Waals surface area contributed by atoms with Crippen LogP contribution in [-0.4, -0.2) is 6.61 Å². The average molecular weight is 364 g/mol. The molecule has 1 nitrogen and oxygen atoms in total. The lowest BCUT2D eigenvalue weighted by Gasteiger charge is -2.15. The largest absolute Gasteiger partial charge is 0.493 e. The second kappa shape index (κ2) is 8.15. The van der Waals surface area contributed by atoms with Gasteiger partial charge in [-0.15, -0.1) is 0 Å². The summed E-state index contributed by atoms with van der Waals surface area (Å²) in [6.07, 6.45) is 5.02. The van der Waals surface area contributed by atoms with Gasteiger partial charge in [-0.1, -0.05) is 33.1 Å². The molecule has 1 rings (SSSR count). The third kappa shape index (κ3) is 5.43. The highest BCUT2D eigenvalue weighted by atomic mass is 79.9. The van der Waals surface area contributed by atoms with Crippen LogP contribution in [0.2, 0.25) is 0 Å². The molecule has 0 saturated carbocycles. The Labute approximate surface area is 121 Å². The smallest absolute Gasteiger partial charge is 0.120 e. The molecule has 1 atom stereocenters. The fraction of sp³-hybridized carbons (Fsp3) is 0.571. The molecule has 17 heavy (non-hydrogen) atoms. The number of hydrogen-bond donors (Lipinski definition) is 0. The van der Waals surface area contributed by atoms with Gasteiger partial charge >= 0.3 is 0 Å². The molecule has 0 aromatic heterocycles. The van der Waals surface area contributed by atoms with Gasteiger partial charge < -0.3 is 4.74 Å². The molecule has 0 radical (unpaired) electrons. The summed E-state index contributed by atoms with van der Waals surface area (Å²) in [6, 6.07) is 6.02. The molecule has 0 aliphatic carbocycles. The zero-order valence-electron chi connectivity index (χ0n) is 10.5. The molecule has 0 amide bonds. The van der Waals surface area contributed by atoms with E-state index in [0.717, 1.165) is 21.3 Å². The molecule has 1 aromatic carbocycles. The van der Waals surface area contributed by atoms with Crippen LogP contribution in [0.4, 0.5) is 0 Å². The molecule has 0 heterocycles. The number of benzene rings is 1. The van der Waals surface area contributed by atoms with E-state index in [1.54, 1.807) is 0 Å². The van der Waals surface area contributed by atoms with Crippen LogP contribution in [0.15, 0.2) is 27.1 Å². The molecule has 0 aliphatic heterocycles. The monoisotopic (exact) mass is 362 g/mol. The number of hydrogen-bond acceptors (Lipinski definition) is 1. The molecule has 1 unspecified atom stereocenters. The Bertz CT molecular complexity index is 339. The topological polar surface area (TPSA) is 9.23 Å². The van der Waals surface area contributed by atoms with Crippen LogP contribution < -0.4 is 4.74 Å². The standard InChI is InChI=1S/C14H20Br2O/c1-3-5-6-11(4-2)10-17-12-7-8-13(15)14(16)9-12/h7-9,11H,3-6,10H2,1-2H3. The summed E-state index contributed by atoms with van der Waals surface area (Å²) < 4.78 is 7.94. The van der Waals surface area contributed by atoms with Crippen LogP contribution in [-0.2, 0) is 0 Å². The van der Waals surface area contributed by atoms with E-state index < -0.39 is 0 Å². The summed E-state index contributed by atoms with van der Waals surface area (Å²) in [5, 5.41) is 0. The summed E-state index contributed by atoms with van der Waals surface area (Å²) in [7, 11) is 0. The first-order valence-electron chi connectivity index (χ1n) is 6.25. The zero-order chi connectivity index (χ0) is 12.7.